The van der Waals surface area contributed by atoms with Gasteiger partial charge in [-0.15, -0.1) is 0 Å². The number of aromatic amines is 2. The van der Waals surface area contributed by atoms with Gasteiger partial charge in [0, 0.05) is 23.1 Å². The Morgan fingerprint density at radius 2 is 1.77 bits per heavy atom. The third-order valence-corrected chi connectivity index (χ3v) is 5.26. The number of H-pyrrole nitrogens is 2. The van der Waals surface area contributed by atoms with Crippen LogP contribution in [0, 0.1) is 6.92 Å². The first kappa shape index (κ1) is 18.8. The van der Waals surface area contributed by atoms with Gasteiger partial charge in [0.25, 0.3) is 0 Å². The maximum atomic E-state index is 12.2. The van der Waals surface area contributed by atoms with Gasteiger partial charge in [0.05, 0.1) is 23.8 Å². The number of aromatic nitrogens is 4. The fourth-order valence-electron chi connectivity index (χ4n) is 3.66. The molecule has 0 saturated carbocycles. The number of hydrogen-bond donors (Lipinski definition) is 3. The monoisotopic (exact) mass is 407 g/mol. The fourth-order valence-corrected chi connectivity index (χ4v) is 3.66. The molecule has 0 aliphatic carbocycles. The van der Waals surface area contributed by atoms with Crippen LogP contribution in [0.2, 0.25) is 0 Å². The minimum Gasteiger partial charge on any atom is -0.348 e. The van der Waals surface area contributed by atoms with E-state index in [1.54, 1.807) is 12.5 Å². The van der Waals surface area contributed by atoms with Gasteiger partial charge in [0.2, 0.25) is 5.91 Å². The molecule has 3 aromatic carbocycles. The van der Waals surface area contributed by atoms with E-state index in [0.717, 1.165) is 50.5 Å². The van der Waals surface area contributed by atoms with Gasteiger partial charge in [-0.2, -0.15) is 0 Å². The highest BCUT2D eigenvalue weighted by molar-refractivity contribution is 5.92. The van der Waals surface area contributed by atoms with Crippen LogP contribution in [-0.4, -0.2) is 25.8 Å². The van der Waals surface area contributed by atoms with Crippen molar-refractivity contribution >= 4 is 22.6 Å². The van der Waals surface area contributed by atoms with Crippen LogP contribution in [0.25, 0.3) is 33.5 Å². The summed E-state index contributed by atoms with van der Waals surface area (Å²) in [6, 6.07) is 22.3. The van der Waals surface area contributed by atoms with E-state index in [2.05, 4.69) is 51.5 Å². The van der Waals surface area contributed by atoms with Gasteiger partial charge in [-0.25, -0.2) is 9.97 Å². The highest BCUT2D eigenvalue weighted by atomic mass is 16.1. The Kier molecular flexibility index (Phi) is 4.80. The van der Waals surface area contributed by atoms with Crippen LogP contribution >= 0.6 is 0 Å². The number of aryl methyl sites for hydroxylation is 1. The number of hydrogen-bond acceptors (Lipinski definition) is 3. The van der Waals surface area contributed by atoms with E-state index in [1.807, 2.05) is 42.5 Å². The molecule has 0 aliphatic heterocycles. The van der Waals surface area contributed by atoms with Crippen molar-refractivity contribution < 1.29 is 4.79 Å². The number of anilines is 1. The quantitative estimate of drug-likeness (QED) is 0.378. The third kappa shape index (κ3) is 3.96. The first-order valence-corrected chi connectivity index (χ1v) is 10.1. The molecular weight excluding hydrogens is 386 g/mol. The molecule has 2 heterocycles. The summed E-state index contributed by atoms with van der Waals surface area (Å²) in [5.74, 6) is 0.771. The SMILES string of the molecule is Cc1cccc2[nH]c(-c3cccc(-c4ccc(NC(=O)Cc5cnc[nH]5)cc4)c3)nc12. The van der Waals surface area contributed by atoms with Crippen molar-refractivity contribution in [3.8, 4) is 22.5 Å². The van der Waals surface area contributed by atoms with Crippen molar-refractivity contribution in [1.82, 2.24) is 19.9 Å². The van der Waals surface area contributed by atoms with Crippen LogP contribution in [0.3, 0.4) is 0 Å². The fraction of sp³-hybridized carbons (Fsp3) is 0.0800. The molecule has 0 unspecified atom stereocenters. The molecule has 0 radical (unpaired) electrons. The molecule has 6 heteroatoms. The summed E-state index contributed by atoms with van der Waals surface area (Å²) in [6.45, 7) is 2.07. The number of rotatable bonds is 5. The number of imidazole rings is 2. The Hall–Kier alpha value is -4.19. The Morgan fingerprint density at radius 1 is 0.968 bits per heavy atom. The molecule has 0 aliphatic rings. The first-order chi connectivity index (χ1) is 15.2. The number of amides is 1. The van der Waals surface area contributed by atoms with Crippen LogP contribution < -0.4 is 5.32 Å². The normalized spacial score (nSPS) is 11.0. The molecule has 5 aromatic rings. The van der Waals surface area contributed by atoms with Crippen LogP contribution in [0.15, 0.2) is 79.3 Å². The Labute approximate surface area is 179 Å². The molecule has 0 atom stereocenters. The lowest BCUT2D eigenvalue weighted by atomic mass is 10.0. The topological polar surface area (TPSA) is 86.5 Å². The van der Waals surface area contributed by atoms with Crippen molar-refractivity contribution in [1.29, 1.82) is 0 Å². The lowest BCUT2D eigenvalue weighted by molar-refractivity contribution is -0.115. The van der Waals surface area contributed by atoms with E-state index in [9.17, 15) is 4.79 Å². The van der Waals surface area contributed by atoms with E-state index in [-0.39, 0.29) is 12.3 Å². The molecule has 0 spiro atoms. The maximum absolute atomic E-state index is 12.2. The Balaban J connectivity index is 1.35. The highest BCUT2D eigenvalue weighted by Gasteiger charge is 2.09. The summed E-state index contributed by atoms with van der Waals surface area (Å²) in [7, 11) is 0. The van der Waals surface area contributed by atoms with Gasteiger partial charge >= 0.3 is 0 Å². The molecule has 0 saturated heterocycles. The summed E-state index contributed by atoms with van der Waals surface area (Å²) in [4.78, 5) is 27.2. The second kappa shape index (κ2) is 7.91. The van der Waals surface area contributed by atoms with E-state index in [1.165, 1.54) is 0 Å². The van der Waals surface area contributed by atoms with Crippen LogP contribution in [0.1, 0.15) is 11.3 Å². The van der Waals surface area contributed by atoms with Gasteiger partial charge in [-0.05, 0) is 47.9 Å². The predicted molar refractivity (Wildman–Crippen MR) is 123 cm³/mol. The minimum absolute atomic E-state index is 0.0841. The second-order valence-corrected chi connectivity index (χ2v) is 7.52. The van der Waals surface area contributed by atoms with Gasteiger partial charge in [0.15, 0.2) is 0 Å². The molecule has 0 fully saturated rings. The molecular formula is C25H21N5O. The molecule has 2 aromatic heterocycles. The molecule has 5 rings (SSSR count). The predicted octanol–water partition coefficient (Wildman–Crippen LogP) is 5.11. The van der Waals surface area contributed by atoms with Crippen molar-refractivity contribution in [2.45, 2.75) is 13.3 Å². The number of para-hydroxylation sites is 1. The van der Waals surface area contributed by atoms with Gasteiger partial charge in [-0.3, -0.25) is 4.79 Å². The van der Waals surface area contributed by atoms with Crippen LogP contribution in [-0.2, 0) is 11.2 Å². The Morgan fingerprint density at radius 3 is 2.55 bits per heavy atom. The minimum atomic E-state index is -0.0841. The molecule has 0 bridgehead atoms. The average molecular weight is 407 g/mol. The van der Waals surface area contributed by atoms with Gasteiger partial charge in [-0.1, -0.05) is 42.5 Å². The number of carbonyl (C=O) groups excluding carboxylic acids is 1. The molecule has 3 N–H and O–H groups in total. The number of nitrogens with one attached hydrogen (secondary N) is 3. The second-order valence-electron chi connectivity index (χ2n) is 7.52. The van der Waals surface area contributed by atoms with Crippen LogP contribution in [0.5, 0.6) is 0 Å². The molecule has 152 valence electrons. The Bertz CT molecular complexity index is 1350. The van der Waals surface area contributed by atoms with Crippen molar-refractivity contribution in [2.24, 2.45) is 0 Å². The summed E-state index contributed by atoms with van der Waals surface area (Å²) < 4.78 is 0. The molecule has 6 nitrogen and oxygen atoms in total. The lowest BCUT2D eigenvalue weighted by Crippen LogP contribution is -2.14. The van der Waals surface area contributed by atoms with Crippen LogP contribution in [0.4, 0.5) is 5.69 Å². The van der Waals surface area contributed by atoms with E-state index < -0.39 is 0 Å². The summed E-state index contributed by atoms with van der Waals surface area (Å²) in [6.07, 6.45) is 3.48. The standard InChI is InChI=1S/C25H21N5O/c1-16-4-2-7-22-24(16)30-25(29-22)19-6-3-5-18(12-19)17-8-10-20(11-9-17)28-23(31)13-21-14-26-15-27-21/h2-12,14-15H,13H2,1H3,(H,26,27)(H,28,31)(H,29,30). The number of nitrogens with zero attached hydrogens (tertiary/aromatic N) is 2. The van der Waals surface area contributed by atoms with Crippen molar-refractivity contribution in [2.75, 3.05) is 5.32 Å². The first-order valence-electron chi connectivity index (χ1n) is 10.1. The smallest absolute Gasteiger partial charge is 0.230 e. The maximum Gasteiger partial charge on any atom is 0.230 e. The van der Waals surface area contributed by atoms with Crippen molar-refractivity contribution in [3.63, 3.8) is 0 Å². The van der Waals surface area contributed by atoms with E-state index >= 15 is 0 Å². The average Bonchev–Trinajstić information content (AvgIpc) is 3.45. The van der Waals surface area contributed by atoms with E-state index in [0.29, 0.717) is 0 Å². The highest BCUT2D eigenvalue weighted by Crippen LogP contribution is 2.28. The summed E-state index contributed by atoms with van der Waals surface area (Å²) >= 11 is 0. The molecule has 31 heavy (non-hydrogen) atoms. The van der Waals surface area contributed by atoms with Crippen molar-refractivity contribution in [3.05, 3.63) is 90.5 Å². The number of carbonyl (C=O) groups is 1. The number of benzene rings is 3. The van der Waals surface area contributed by atoms with Gasteiger partial charge in [0.1, 0.15) is 5.82 Å². The zero-order chi connectivity index (χ0) is 21.2. The molecule has 1 amide bonds. The number of fused-ring (bicyclic) bond motifs is 1. The largest absolute Gasteiger partial charge is 0.348 e. The lowest BCUT2D eigenvalue weighted by Gasteiger charge is -2.07. The zero-order valence-electron chi connectivity index (χ0n) is 17.0. The zero-order valence-corrected chi connectivity index (χ0v) is 17.0. The summed E-state index contributed by atoms with van der Waals surface area (Å²) in [5.41, 5.74) is 7.93. The van der Waals surface area contributed by atoms with Gasteiger partial charge < -0.3 is 15.3 Å². The van der Waals surface area contributed by atoms with E-state index in [4.69, 9.17) is 4.98 Å². The third-order valence-electron chi connectivity index (χ3n) is 5.26. The summed E-state index contributed by atoms with van der Waals surface area (Å²) in [5, 5.41) is 2.91.